The van der Waals surface area contributed by atoms with Gasteiger partial charge in [0.25, 0.3) is 0 Å². The summed E-state index contributed by atoms with van der Waals surface area (Å²) in [4.78, 5) is 3.78. The van der Waals surface area contributed by atoms with Crippen LogP contribution in [0.3, 0.4) is 0 Å². The summed E-state index contributed by atoms with van der Waals surface area (Å²) >= 11 is 2.28. The molecule has 0 aliphatic carbocycles. The number of aromatic nitrogens is 1. The van der Waals surface area contributed by atoms with Crippen LogP contribution in [0.25, 0.3) is 0 Å². The lowest BCUT2D eigenvalue weighted by molar-refractivity contribution is 0.545. The van der Waals surface area contributed by atoms with Crippen molar-refractivity contribution in [3.63, 3.8) is 0 Å². The number of nitrogens with zero attached hydrogens (tertiary/aromatic N) is 1. The van der Waals surface area contributed by atoms with E-state index in [0.29, 0.717) is 0 Å². The normalized spacial score (nSPS) is 6.75. The van der Waals surface area contributed by atoms with Crippen molar-refractivity contribution in [2.75, 3.05) is 0 Å². The first-order chi connectivity index (χ1) is 4.00. The minimum absolute atomic E-state index is 1.75. The van der Waals surface area contributed by atoms with E-state index < -0.39 is 0 Å². The fourth-order valence-corrected chi connectivity index (χ4v) is 0.313. The third-order valence-electron chi connectivity index (χ3n) is 0.566. The minimum Gasteiger partial charge on any atom is -0.265 e. The van der Waals surface area contributed by atoms with Gasteiger partial charge in [-0.15, -0.1) is 0 Å². The maximum Gasteiger partial charge on any atom is 0.0267 e. The van der Waals surface area contributed by atoms with Crippen LogP contribution >= 0.6 is 12.9 Å². The molecule has 0 aromatic carbocycles. The van der Waals surface area contributed by atoms with Crippen LogP contribution in [0.2, 0.25) is 0 Å². The van der Waals surface area contributed by atoms with E-state index in [4.69, 9.17) is 4.55 Å². The molecule has 1 rings (SSSR count). The van der Waals surface area contributed by atoms with E-state index in [1.54, 1.807) is 12.4 Å². The molecular formula is C5H6NOS. The molecule has 0 N–H and O–H groups in total. The maximum absolute atomic E-state index is 7.94. The monoisotopic (exact) mass is 128 g/mol. The second-order valence-corrected chi connectivity index (χ2v) is 1.02. The van der Waals surface area contributed by atoms with Crippen molar-refractivity contribution < 1.29 is 4.55 Å². The van der Waals surface area contributed by atoms with Gasteiger partial charge < -0.3 is 0 Å². The van der Waals surface area contributed by atoms with Gasteiger partial charge in [0.2, 0.25) is 0 Å². The van der Waals surface area contributed by atoms with E-state index in [9.17, 15) is 0 Å². The number of thiol groups is 1. The molecule has 0 aliphatic heterocycles. The molecule has 0 spiro atoms. The van der Waals surface area contributed by atoms with Crippen LogP contribution in [0.5, 0.6) is 0 Å². The molecule has 0 atom stereocenters. The van der Waals surface area contributed by atoms with Crippen LogP contribution < -0.4 is 0 Å². The Balaban J connectivity index is 0.000000222. The summed E-state index contributed by atoms with van der Waals surface area (Å²) in [7, 11) is 0. The molecule has 0 saturated heterocycles. The van der Waals surface area contributed by atoms with Crippen molar-refractivity contribution in [1.29, 1.82) is 0 Å². The van der Waals surface area contributed by atoms with Gasteiger partial charge >= 0.3 is 0 Å². The lowest BCUT2D eigenvalue weighted by atomic mass is 10.5. The molecule has 0 aliphatic rings. The second kappa shape index (κ2) is 6.46. The Hall–Kier alpha value is -0.540. The molecule has 1 aromatic heterocycles. The molecule has 0 saturated carbocycles. The summed E-state index contributed by atoms with van der Waals surface area (Å²) in [6, 6.07) is 5.72. The van der Waals surface area contributed by atoms with Crippen molar-refractivity contribution in [3.05, 3.63) is 30.6 Å². The minimum atomic E-state index is 1.75. The van der Waals surface area contributed by atoms with Gasteiger partial charge in [-0.05, 0) is 12.1 Å². The third kappa shape index (κ3) is 3.64. The summed E-state index contributed by atoms with van der Waals surface area (Å²) in [5, 5.41) is 0. The summed E-state index contributed by atoms with van der Waals surface area (Å²) in [5.74, 6) is 0. The van der Waals surface area contributed by atoms with Gasteiger partial charge in [-0.1, -0.05) is 6.07 Å². The van der Waals surface area contributed by atoms with Gasteiger partial charge in [0.1, 0.15) is 0 Å². The van der Waals surface area contributed by atoms with Gasteiger partial charge in [0, 0.05) is 25.3 Å². The average Bonchev–Trinajstić information content (AvgIpc) is 1.96. The van der Waals surface area contributed by atoms with E-state index in [0.717, 1.165) is 0 Å². The molecule has 0 amide bonds. The first kappa shape index (κ1) is 7.46. The van der Waals surface area contributed by atoms with Crippen molar-refractivity contribution in [2.24, 2.45) is 0 Å². The largest absolute Gasteiger partial charge is 0.265 e. The van der Waals surface area contributed by atoms with E-state index in [-0.39, 0.29) is 0 Å². The number of hydrogen-bond acceptors (Lipinski definition) is 2. The Bertz CT molecular complexity index is 84.4. The fourth-order valence-electron chi connectivity index (χ4n) is 0.313. The van der Waals surface area contributed by atoms with Gasteiger partial charge in [-0.25, -0.2) is 0 Å². The topological polar surface area (TPSA) is 32.8 Å². The highest BCUT2D eigenvalue weighted by molar-refractivity contribution is 7.73. The molecule has 1 aromatic rings. The predicted molar refractivity (Wildman–Crippen MR) is 33.9 cm³/mol. The van der Waals surface area contributed by atoms with E-state index in [1.165, 1.54) is 0 Å². The standard InChI is InChI=1S/C5H5N.HOS/c1-2-4-6-5-3-1;1-2/h1-5H;2H. The Kier molecular flexibility index (Phi) is 6.02. The first-order valence-electron chi connectivity index (χ1n) is 2.03. The van der Waals surface area contributed by atoms with Crippen LogP contribution in [0.15, 0.2) is 30.6 Å². The van der Waals surface area contributed by atoms with E-state index in [1.807, 2.05) is 18.2 Å². The van der Waals surface area contributed by atoms with Gasteiger partial charge in [-0.2, -0.15) is 4.55 Å². The predicted octanol–water partition coefficient (Wildman–Crippen LogP) is 1.34. The molecule has 43 valence electrons. The molecule has 0 unspecified atom stereocenters. The van der Waals surface area contributed by atoms with Crippen molar-refractivity contribution >= 4 is 12.9 Å². The van der Waals surface area contributed by atoms with Gasteiger partial charge in [0.15, 0.2) is 0 Å². The number of rotatable bonds is 0. The molecule has 2 nitrogen and oxygen atoms in total. The molecule has 0 fully saturated rings. The van der Waals surface area contributed by atoms with Crippen molar-refractivity contribution in [3.8, 4) is 0 Å². The van der Waals surface area contributed by atoms with E-state index in [2.05, 4.69) is 17.9 Å². The van der Waals surface area contributed by atoms with Crippen molar-refractivity contribution in [1.82, 2.24) is 4.98 Å². The van der Waals surface area contributed by atoms with Crippen LogP contribution in [0.4, 0.5) is 0 Å². The van der Waals surface area contributed by atoms with Crippen LogP contribution in [-0.4, -0.2) is 4.98 Å². The number of hydrogen-bond donors (Lipinski definition) is 1. The van der Waals surface area contributed by atoms with Crippen LogP contribution in [-0.2, 0) is 4.55 Å². The molecule has 8 heavy (non-hydrogen) atoms. The molecule has 3 heteroatoms. The highest BCUT2D eigenvalue weighted by atomic mass is 32.1. The summed E-state index contributed by atoms with van der Waals surface area (Å²) in [5.41, 5.74) is 0. The maximum atomic E-state index is 7.94. The average molecular weight is 128 g/mol. The Labute approximate surface area is 53.8 Å². The number of pyridine rings is 1. The van der Waals surface area contributed by atoms with Crippen LogP contribution in [0, 0.1) is 0 Å². The second-order valence-electron chi connectivity index (χ2n) is 1.02. The van der Waals surface area contributed by atoms with Gasteiger partial charge in [0.05, 0.1) is 0 Å². The lowest BCUT2D eigenvalue weighted by Crippen LogP contribution is -1.58. The molecule has 1 radical (unpaired) electrons. The zero-order valence-corrected chi connectivity index (χ0v) is 5.08. The lowest BCUT2D eigenvalue weighted by Gasteiger charge is -1.70. The molecule has 0 bridgehead atoms. The summed E-state index contributed by atoms with van der Waals surface area (Å²) in [6.07, 6.45) is 3.50. The summed E-state index contributed by atoms with van der Waals surface area (Å²) < 4.78 is 7.94. The Morgan fingerprint density at radius 1 is 1.00 bits per heavy atom. The quantitative estimate of drug-likeness (QED) is 0.415. The third-order valence-corrected chi connectivity index (χ3v) is 0.566. The zero-order chi connectivity index (χ0) is 6.24. The highest BCUT2D eigenvalue weighted by Crippen LogP contribution is 1.73. The van der Waals surface area contributed by atoms with Crippen molar-refractivity contribution in [2.45, 2.75) is 0 Å². The SMILES string of the molecule is [O]S.c1ccncc1. The van der Waals surface area contributed by atoms with Gasteiger partial charge in [-0.3, -0.25) is 4.98 Å². The highest BCUT2D eigenvalue weighted by Gasteiger charge is 1.58. The smallest absolute Gasteiger partial charge is 0.0267 e. The first-order valence-corrected chi connectivity index (χ1v) is 2.40. The fraction of sp³-hybridized carbons (Fsp3) is 0. The van der Waals surface area contributed by atoms with E-state index >= 15 is 0 Å². The molecular weight excluding hydrogens is 122 g/mol. The van der Waals surface area contributed by atoms with Crippen LogP contribution in [0.1, 0.15) is 0 Å². The summed E-state index contributed by atoms with van der Waals surface area (Å²) in [6.45, 7) is 0. The molecule has 1 heterocycles. The Morgan fingerprint density at radius 2 is 1.50 bits per heavy atom. The Morgan fingerprint density at radius 3 is 1.62 bits per heavy atom. The zero-order valence-electron chi connectivity index (χ0n) is 4.19.